The molecule has 0 radical (unpaired) electrons. The molecule has 1 heterocycles. The van der Waals surface area contributed by atoms with Gasteiger partial charge in [0.2, 0.25) is 0 Å². The fourth-order valence-electron chi connectivity index (χ4n) is 2.20. The highest BCUT2D eigenvalue weighted by atomic mass is 19.1. The molecule has 1 aromatic carbocycles. The third kappa shape index (κ3) is 3.08. The SMILES string of the molecule is CCC(C(=O)OC)N1CC(Oc2c(F)cccc2F)=CC1=O. The van der Waals surface area contributed by atoms with Gasteiger partial charge in [-0.2, -0.15) is 0 Å². The number of methoxy groups -OCH3 is 1. The molecular formula is C15H15F2NO4. The van der Waals surface area contributed by atoms with E-state index in [2.05, 4.69) is 4.74 Å². The molecule has 0 bridgehead atoms. The Labute approximate surface area is 126 Å². The molecule has 7 heteroatoms. The lowest BCUT2D eigenvalue weighted by Gasteiger charge is -2.24. The summed E-state index contributed by atoms with van der Waals surface area (Å²) in [5.41, 5.74) is 0. The molecule has 1 aliphatic heterocycles. The van der Waals surface area contributed by atoms with Crippen molar-refractivity contribution in [1.82, 2.24) is 4.90 Å². The number of hydrogen-bond acceptors (Lipinski definition) is 4. The summed E-state index contributed by atoms with van der Waals surface area (Å²) in [5.74, 6) is -3.27. The molecule has 1 atom stereocenters. The number of ether oxygens (including phenoxy) is 2. The molecule has 0 aromatic heterocycles. The molecule has 0 aliphatic carbocycles. The number of benzene rings is 1. The van der Waals surface area contributed by atoms with E-state index in [1.807, 2.05) is 0 Å². The van der Waals surface area contributed by atoms with Crippen LogP contribution in [-0.2, 0) is 14.3 Å². The van der Waals surface area contributed by atoms with Gasteiger partial charge in [-0.05, 0) is 18.6 Å². The van der Waals surface area contributed by atoms with E-state index in [4.69, 9.17) is 4.74 Å². The molecule has 1 aromatic rings. The van der Waals surface area contributed by atoms with Gasteiger partial charge in [-0.3, -0.25) is 4.79 Å². The molecule has 1 amide bonds. The summed E-state index contributed by atoms with van der Waals surface area (Å²) in [7, 11) is 1.23. The van der Waals surface area contributed by atoms with Crippen LogP contribution in [0, 0.1) is 11.6 Å². The van der Waals surface area contributed by atoms with Crippen LogP contribution in [0.5, 0.6) is 5.75 Å². The van der Waals surface area contributed by atoms with E-state index < -0.39 is 35.3 Å². The van der Waals surface area contributed by atoms with Crippen molar-refractivity contribution in [3.8, 4) is 5.75 Å². The van der Waals surface area contributed by atoms with Crippen molar-refractivity contribution in [3.05, 3.63) is 41.7 Å². The number of esters is 1. The maximum absolute atomic E-state index is 13.5. The van der Waals surface area contributed by atoms with Crippen LogP contribution < -0.4 is 4.74 Å². The van der Waals surface area contributed by atoms with Crippen molar-refractivity contribution < 1.29 is 27.8 Å². The van der Waals surface area contributed by atoms with Crippen LogP contribution >= 0.6 is 0 Å². The van der Waals surface area contributed by atoms with Crippen molar-refractivity contribution in [1.29, 1.82) is 0 Å². The topological polar surface area (TPSA) is 55.8 Å². The van der Waals surface area contributed by atoms with Crippen LogP contribution in [0.3, 0.4) is 0 Å². The Morgan fingerprint density at radius 3 is 2.55 bits per heavy atom. The van der Waals surface area contributed by atoms with Crippen molar-refractivity contribution in [2.75, 3.05) is 13.7 Å². The van der Waals surface area contributed by atoms with Crippen molar-refractivity contribution in [3.63, 3.8) is 0 Å². The highest BCUT2D eigenvalue weighted by Crippen LogP contribution is 2.26. The number of para-hydroxylation sites is 1. The maximum atomic E-state index is 13.5. The van der Waals surface area contributed by atoms with Gasteiger partial charge in [0.25, 0.3) is 5.91 Å². The Morgan fingerprint density at radius 2 is 2.00 bits per heavy atom. The molecule has 118 valence electrons. The molecule has 1 aliphatic rings. The standard InChI is InChI=1S/C15H15F2NO4/c1-3-12(15(20)21-2)18-8-9(7-13(18)19)22-14-10(16)5-4-6-11(14)17/h4-7,12H,3,8H2,1-2H3. The minimum Gasteiger partial charge on any atom is -0.467 e. The smallest absolute Gasteiger partial charge is 0.328 e. The first-order chi connectivity index (χ1) is 10.5. The number of carbonyl (C=O) groups is 2. The number of halogens is 2. The van der Waals surface area contributed by atoms with E-state index in [9.17, 15) is 18.4 Å². The van der Waals surface area contributed by atoms with Crippen LogP contribution in [0.25, 0.3) is 0 Å². The average Bonchev–Trinajstić information content (AvgIpc) is 2.84. The monoisotopic (exact) mass is 311 g/mol. The maximum Gasteiger partial charge on any atom is 0.328 e. The molecule has 0 fully saturated rings. The summed E-state index contributed by atoms with van der Waals surface area (Å²) >= 11 is 0. The molecule has 22 heavy (non-hydrogen) atoms. The molecule has 5 nitrogen and oxygen atoms in total. The summed E-state index contributed by atoms with van der Waals surface area (Å²) < 4.78 is 36.9. The van der Waals surface area contributed by atoms with E-state index in [0.717, 1.165) is 18.2 Å². The number of amides is 1. The second kappa shape index (κ2) is 6.55. The molecular weight excluding hydrogens is 296 g/mol. The zero-order valence-corrected chi connectivity index (χ0v) is 12.1. The fraction of sp³-hybridized carbons (Fsp3) is 0.333. The van der Waals surface area contributed by atoms with Gasteiger partial charge in [0.1, 0.15) is 11.8 Å². The first kappa shape index (κ1) is 15.9. The minimum atomic E-state index is -0.869. The molecule has 0 saturated carbocycles. The Hall–Kier alpha value is -2.44. The van der Waals surface area contributed by atoms with E-state index in [0.29, 0.717) is 6.42 Å². The van der Waals surface area contributed by atoms with Crippen LogP contribution in [-0.4, -0.2) is 36.5 Å². The number of rotatable bonds is 5. The van der Waals surface area contributed by atoms with Gasteiger partial charge >= 0.3 is 5.97 Å². The fourth-order valence-corrected chi connectivity index (χ4v) is 2.20. The van der Waals surface area contributed by atoms with Crippen LogP contribution in [0.4, 0.5) is 8.78 Å². The Bertz CT molecular complexity index is 610. The van der Waals surface area contributed by atoms with Crippen molar-refractivity contribution in [2.24, 2.45) is 0 Å². The highest BCUT2D eigenvalue weighted by Gasteiger charge is 2.34. The van der Waals surface area contributed by atoms with Gasteiger partial charge in [-0.25, -0.2) is 13.6 Å². The van der Waals surface area contributed by atoms with Gasteiger partial charge < -0.3 is 14.4 Å². The number of carbonyl (C=O) groups excluding carboxylic acids is 2. The largest absolute Gasteiger partial charge is 0.467 e. The normalized spacial score (nSPS) is 15.5. The van der Waals surface area contributed by atoms with Gasteiger partial charge in [-0.1, -0.05) is 13.0 Å². The average molecular weight is 311 g/mol. The van der Waals surface area contributed by atoms with E-state index in [1.54, 1.807) is 6.92 Å². The summed E-state index contributed by atoms with van der Waals surface area (Å²) in [4.78, 5) is 24.8. The van der Waals surface area contributed by atoms with Crippen LogP contribution in [0.15, 0.2) is 30.0 Å². The molecule has 2 rings (SSSR count). The minimum absolute atomic E-state index is 0.0553. The molecule has 0 N–H and O–H groups in total. The lowest BCUT2D eigenvalue weighted by molar-refractivity contribution is -0.150. The third-order valence-corrected chi connectivity index (χ3v) is 3.28. The Kier molecular flexibility index (Phi) is 4.75. The zero-order valence-electron chi connectivity index (χ0n) is 12.1. The lowest BCUT2D eigenvalue weighted by Crippen LogP contribution is -2.43. The predicted molar refractivity (Wildman–Crippen MR) is 72.9 cm³/mol. The highest BCUT2D eigenvalue weighted by molar-refractivity contribution is 5.94. The van der Waals surface area contributed by atoms with Crippen molar-refractivity contribution >= 4 is 11.9 Å². The Balaban J connectivity index is 2.15. The quantitative estimate of drug-likeness (QED) is 0.781. The lowest BCUT2D eigenvalue weighted by atomic mass is 10.2. The Morgan fingerprint density at radius 1 is 1.36 bits per heavy atom. The summed E-state index contributed by atoms with van der Waals surface area (Å²) in [6.07, 6.45) is 1.46. The molecule has 1 unspecified atom stereocenters. The van der Waals surface area contributed by atoms with E-state index in [-0.39, 0.29) is 12.3 Å². The third-order valence-electron chi connectivity index (χ3n) is 3.28. The second-order valence-corrected chi connectivity index (χ2v) is 4.68. The van der Waals surface area contributed by atoms with Gasteiger partial charge in [0, 0.05) is 6.08 Å². The van der Waals surface area contributed by atoms with Crippen LogP contribution in [0.1, 0.15) is 13.3 Å². The molecule has 0 saturated heterocycles. The summed E-state index contributed by atoms with van der Waals surface area (Å²) in [5, 5.41) is 0. The van der Waals surface area contributed by atoms with Gasteiger partial charge in [0.15, 0.2) is 17.4 Å². The van der Waals surface area contributed by atoms with E-state index >= 15 is 0 Å². The number of hydrogen-bond donors (Lipinski definition) is 0. The summed E-state index contributed by atoms with van der Waals surface area (Å²) in [6, 6.07) is 2.55. The van der Waals surface area contributed by atoms with Gasteiger partial charge in [0.05, 0.1) is 13.7 Å². The second-order valence-electron chi connectivity index (χ2n) is 4.68. The van der Waals surface area contributed by atoms with E-state index in [1.165, 1.54) is 18.1 Å². The molecule has 0 spiro atoms. The zero-order chi connectivity index (χ0) is 16.3. The van der Waals surface area contributed by atoms with Gasteiger partial charge in [-0.15, -0.1) is 0 Å². The summed E-state index contributed by atoms with van der Waals surface area (Å²) in [6.45, 7) is 1.67. The van der Waals surface area contributed by atoms with Crippen LogP contribution in [0.2, 0.25) is 0 Å². The number of nitrogens with zero attached hydrogens (tertiary/aromatic N) is 1. The first-order valence-corrected chi connectivity index (χ1v) is 6.68. The van der Waals surface area contributed by atoms with Crippen molar-refractivity contribution in [2.45, 2.75) is 19.4 Å². The predicted octanol–water partition coefficient (Wildman–Crippen LogP) is 2.02. The first-order valence-electron chi connectivity index (χ1n) is 6.68.